The topological polar surface area (TPSA) is 55.1 Å². The Morgan fingerprint density at radius 2 is 2.27 bits per heavy atom. The Labute approximate surface area is 88.9 Å². The minimum atomic E-state index is -0.699. The number of carboxylic acids is 1. The van der Waals surface area contributed by atoms with E-state index < -0.39 is 11.4 Å². The van der Waals surface area contributed by atoms with Gasteiger partial charge in [-0.25, -0.2) is 4.98 Å². The molecule has 4 nitrogen and oxygen atoms in total. The van der Waals surface area contributed by atoms with Gasteiger partial charge in [-0.2, -0.15) is 0 Å². The Bertz CT molecular complexity index is 364. The summed E-state index contributed by atoms with van der Waals surface area (Å²) in [4.78, 5) is 15.5. The van der Waals surface area contributed by atoms with Gasteiger partial charge in [-0.3, -0.25) is 4.79 Å². The maximum absolute atomic E-state index is 11.4. The summed E-state index contributed by atoms with van der Waals surface area (Å²) in [5.41, 5.74) is 0.196. The van der Waals surface area contributed by atoms with Crippen molar-refractivity contribution in [3.8, 4) is 0 Å². The minimum Gasteiger partial charge on any atom is -0.481 e. The third-order valence-electron chi connectivity index (χ3n) is 3.41. The van der Waals surface area contributed by atoms with Gasteiger partial charge in [-0.15, -0.1) is 0 Å². The summed E-state index contributed by atoms with van der Waals surface area (Å²) in [5.74, 6) is -0.699. The van der Waals surface area contributed by atoms with E-state index in [4.69, 9.17) is 0 Å². The molecule has 1 N–H and O–H groups in total. The van der Waals surface area contributed by atoms with Gasteiger partial charge in [-0.05, 0) is 19.8 Å². The van der Waals surface area contributed by atoms with E-state index in [2.05, 4.69) is 4.98 Å². The van der Waals surface area contributed by atoms with Crippen LogP contribution in [0.4, 0.5) is 0 Å². The van der Waals surface area contributed by atoms with Crippen LogP contribution in [0.25, 0.3) is 0 Å². The average molecular weight is 208 g/mol. The molecule has 1 saturated carbocycles. The Morgan fingerprint density at radius 3 is 2.80 bits per heavy atom. The molecule has 0 aliphatic heterocycles. The monoisotopic (exact) mass is 208 g/mol. The van der Waals surface area contributed by atoms with E-state index in [-0.39, 0.29) is 0 Å². The van der Waals surface area contributed by atoms with Crippen molar-refractivity contribution in [2.75, 3.05) is 0 Å². The lowest BCUT2D eigenvalue weighted by Gasteiger charge is -2.24. The van der Waals surface area contributed by atoms with Crippen molar-refractivity contribution in [1.29, 1.82) is 0 Å². The molecule has 0 spiro atoms. The smallest absolute Gasteiger partial charge is 0.315 e. The molecule has 1 aromatic heterocycles. The molecular formula is C11H16N2O2. The number of nitrogens with zero attached hydrogens (tertiary/aromatic N) is 2. The molecule has 1 aromatic rings. The summed E-state index contributed by atoms with van der Waals surface area (Å²) >= 11 is 0. The van der Waals surface area contributed by atoms with E-state index in [1.54, 1.807) is 12.5 Å². The highest BCUT2D eigenvalue weighted by Gasteiger charge is 2.45. The number of hydrogen-bond acceptors (Lipinski definition) is 2. The Kier molecular flexibility index (Phi) is 2.50. The lowest BCUT2D eigenvalue weighted by atomic mass is 9.83. The molecule has 0 unspecified atom stereocenters. The zero-order valence-corrected chi connectivity index (χ0v) is 8.94. The predicted octanol–water partition coefficient (Wildman–Crippen LogP) is 1.80. The molecule has 0 aromatic carbocycles. The number of carbonyl (C=O) groups is 1. The third kappa shape index (κ3) is 1.44. The number of rotatable bonds is 3. The summed E-state index contributed by atoms with van der Waals surface area (Å²) in [5, 5.41) is 9.41. The van der Waals surface area contributed by atoms with E-state index in [0.29, 0.717) is 0 Å². The summed E-state index contributed by atoms with van der Waals surface area (Å²) in [7, 11) is 0. The second-order valence-electron chi connectivity index (χ2n) is 4.16. The molecule has 1 heterocycles. The number of aromatic nitrogens is 2. The molecular weight excluding hydrogens is 192 g/mol. The van der Waals surface area contributed by atoms with E-state index in [1.807, 2.05) is 11.5 Å². The Morgan fingerprint density at radius 1 is 1.60 bits per heavy atom. The summed E-state index contributed by atoms with van der Waals surface area (Å²) in [6.07, 6.45) is 6.92. The number of carboxylic acid groups (broad SMARTS) is 1. The SMILES string of the molecule is CCn1cncc1C1(C(=O)O)CCCC1. The molecule has 1 aliphatic carbocycles. The molecule has 2 rings (SSSR count). The number of aryl methyl sites for hydroxylation is 1. The maximum Gasteiger partial charge on any atom is 0.315 e. The number of hydrogen-bond donors (Lipinski definition) is 1. The van der Waals surface area contributed by atoms with Gasteiger partial charge >= 0.3 is 5.97 Å². The molecule has 1 fully saturated rings. The van der Waals surface area contributed by atoms with Crippen molar-refractivity contribution in [3.63, 3.8) is 0 Å². The highest BCUT2D eigenvalue weighted by molar-refractivity contribution is 5.81. The van der Waals surface area contributed by atoms with Crippen molar-refractivity contribution in [2.24, 2.45) is 0 Å². The highest BCUT2D eigenvalue weighted by atomic mass is 16.4. The van der Waals surface area contributed by atoms with Crippen LogP contribution in [0.15, 0.2) is 12.5 Å². The fraction of sp³-hybridized carbons (Fsp3) is 0.636. The molecule has 1 aliphatic rings. The van der Waals surface area contributed by atoms with Crippen LogP contribution < -0.4 is 0 Å². The normalized spacial score (nSPS) is 19.3. The van der Waals surface area contributed by atoms with Gasteiger partial charge in [0.15, 0.2) is 0 Å². The van der Waals surface area contributed by atoms with E-state index in [1.165, 1.54) is 0 Å². The first-order chi connectivity index (χ1) is 7.20. The van der Waals surface area contributed by atoms with E-state index >= 15 is 0 Å². The van der Waals surface area contributed by atoms with Crippen LogP contribution in [-0.4, -0.2) is 20.6 Å². The van der Waals surface area contributed by atoms with Gasteiger partial charge in [0.1, 0.15) is 5.41 Å². The van der Waals surface area contributed by atoms with Crippen LogP contribution in [0.3, 0.4) is 0 Å². The van der Waals surface area contributed by atoms with Gasteiger partial charge in [0, 0.05) is 12.7 Å². The molecule has 15 heavy (non-hydrogen) atoms. The van der Waals surface area contributed by atoms with Crippen molar-refractivity contribution in [1.82, 2.24) is 9.55 Å². The molecule has 4 heteroatoms. The van der Waals surface area contributed by atoms with Crippen molar-refractivity contribution < 1.29 is 9.90 Å². The zero-order valence-electron chi connectivity index (χ0n) is 8.94. The summed E-state index contributed by atoms with van der Waals surface area (Å²) in [6, 6.07) is 0. The van der Waals surface area contributed by atoms with E-state index in [9.17, 15) is 9.90 Å². The maximum atomic E-state index is 11.4. The largest absolute Gasteiger partial charge is 0.481 e. The quantitative estimate of drug-likeness (QED) is 0.824. The van der Waals surface area contributed by atoms with Crippen LogP contribution in [-0.2, 0) is 16.8 Å². The first kappa shape index (κ1) is 10.2. The number of aliphatic carboxylic acids is 1. The second-order valence-corrected chi connectivity index (χ2v) is 4.16. The highest BCUT2D eigenvalue weighted by Crippen LogP contribution is 2.41. The number of imidazole rings is 1. The first-order valence-electron chi connectivity index (χ1n) is 5.45. The van der Waals surface area contributed by atoms with Gasteiger partial charge in [0.05, 0.1) is 12.0 Å². The Hall–Kier alpha value is -1.32. The van der Waals surface area contributed by atoms with Crippen molar-refractivity contribution in [3.05, 3.63) is 18.2 Å². The van der Waals surface area contributed by atoms with Gasteiger partial charge in [-0.1, -0.05) is 12.8 Å². The van der Waals surface area contributed by atoms with Gasteiger partial charge in [0.25, 0.3) is 0 Å². The van der Waals surface area contributed by atoms with Crippen LogP contribution in [0.1, 0.15) is 38.3 Å². The summed E-state index contributed by atoms with van der Waals surface area (Å²) < 4.78 is 1.94. The molecule has 0 radical (unpaired) electrons. The average Bonchev–Trinajstić information content (AvgIpc) is 2.86. The molecule has 82 valence electrons. The first-order valence-corrected chi connectivity index (χ1v) is 5.45. The molecule has 0 saturated heterocycles. The zero-order chi connectivity index (χ0) is 10.9. The predicted molar refractivity (Wildman–Crippen MR) is 55.7 cm³/mol. The minimum absolute atomic E-state index is 0.674. The Balaban J connectivity index is 2.45. The van der Waals surface area contributed by atoms with Crippen LogP contribution >= 0.6 is 0 Å². The standard InChI is InChI=1S/C11H16N2O2/c1-2-13-8-12-7-9(13)11(10(14)15)5-3-4-6-11/h7-8H,2-6H2,1H3,(H,14,15). The van der Waals surface area contributed by atoms with Gasteiger partial charge in [0.2, 0.25) is 0 Å². The molecule has 0 amide bonds. The van der Waals surface area contributed by atoms with Crippen molar-refractivity contribution >= 4 is 5.97 Å². The second kappa shape index (κ2) is 3.68. The molecule has 0 bridgehead atoms. The summed E-state index contributed by atoms with van der Waals surface area (Å²) in [6.45, 7) is 2.79. The molecule has 0 atom stereocenters. The van der Waals surface area contributed by atoms with Crippen LogP contribution in [0.5, 0.6) is 0 Å². The lowest BCUT2D eigenvalue weighted by molar-refractivity contribution is -0.143. The fourth-order valence-electron chi connectivity index (χ4n) is 2.53. The lowest BCUT2D eigenvalue weighted by Crippen LogP contribution is -2.34. The van der Waals surface area contributed by atoms with E-state index in [0.717, 1.165) is 37.9 Å². The van der Waals surface area contributed by atoms with Crippen LogP contribution in [0, 0.1) is 0 Å². The van der Waals surface area contributed by atoms with Crippen molar-refractivity contribution in [2.45, 2.75) is 44.6 Å². The third-order valence-corrected chi connectivity index (χ3v) is 3.41. The van der Waals surface area contributed by atoms with Gasteiger partial charge < -0.3 is 9.67 Å². The van der Waals surface area contributed by atoms with Crippen LogP contribution in [0.2, 0.25) is 0 Å². The fourth-order valence-corrected chi connectivity index (χ4v) is 2.53.